The number of aliphatic carboxylic acids is 1. The SMILES string of the molecule is O=C(O)C1C2C=CC(C2)C1C(=O)Nc1nc2ccccc2s1. The van der Waals surface area contributed by atoms with Crippen LogP contribution in [0.1, 0.15) is 6.42 Å². The molecule has 6 heteroatoms. The van der Waals surface area contributed by atoms with Gasteiger partial charge in [0.25, 0.3) is 0 Å². The molecule has 4 unspecified atom stereocenters. The molecule has 22 heavy (non-hydrogen) atoms. The number of hydrogen-bond acceptors (Lipinski definition) is 4. The van der Waals surface area contributed by atoms with E-state index >= 15 is 0 Å². The zero-order valence-electron chi connectivity index (χ0n) is 11.6. The maximum atomic E-state index is 12.6. The molecule has 0 aliphatic heterocycles. The summed E-state index contributed by atoms with van der Waals surface area (Å²) in [4.78, 5) is 28.4. The highest BCUT2D eigenvalue weighted by molar-refractivity contribution is 7.22. The number of nitrogens with one attached hydrogen (secondary N) is 1. The van der Waals surface area contributed by atoms with Crippen LogP contribution in [0.25, 0.3) is 10.2 Å². The molecule has 4 atom stereocenters. The Morgan fingerprint density at radius 1 is 1.18 bits per heavy atom. The molecule has 0 spiro atoms. The first-order chi connectivity index (χ1) is 10.6. The van der Waals surface area contributed by atoms with Crippen LogP contribution >= 0.6 is 11.3 Å². The summed E-state index contributed by atoms with van der Waals surface area (Å²) in [5.41, 5.74) is 0.838. The summed E-state index contributed by atoms with van der Waals surface area (Å²) in [6.45, 7) is 0. The second-order valence-electron chi connectivity index (χ2n) is 5.81. The van der Waals surface area contributed by atoms with Gasteiger partial charge >= 0.3 is 5.97 Å². The van der Waals surface area contributed by atoms with Crippen LogP contribution in [0.3, 0.4) is 0 Å². The number of anilines is 1. The lowest BCUT2D eigenvalue weighted by molar-refractivity contribution is -0.146. The van der Waals surface area contributed by atoms with Gasteiger partial charge < -0.3 is 10.4 Å². The molecule has 2 N–H and O–H groups in total. The number of carboxylic acid groups (broad SMARTS) is 1. The van der Waals surface area contributed by atoms with E-state index in [1.807, 2.05) is 36.4 Å². The summed E-state index contributed by atoms with van der Waals surface area (Å²) in [6, 6.07) is 7.66. The molecule has 0 saturated heterocycles. The molecule has 1 aromatic carbocycles. The number of fused-ring (bicyclic) bond motifs is 3. The highest BCUT2D eigenvalue weighted by Gasteiger charge is 2.51. The third kappa shape index (κ3) is 2.02. The maximum absolute atomic E-state index is 12.6. The molecular weight excluding hydrogens is 300 g/mol. The minimum absolute atomic E-state index is 0.0198. The van der Waals surface area contributed by atoms with E-state index < -0.39 is 17.8 Å². The quantitative estimate of drug-likeness (QED) is 0.854. The monoisotopic (exact) mass is 314 g/mol. The van der Waals surface area contributed by atoms with Crippen molar-refractivity contribution in [1.82, 2.24) is 4.98 Å². The summed E-state index contributed by atoms with van der Waals surface area (Å²) in [7, 11) is 0. The Labute approximate surface area is 130 Å². The summed E-state index contributed by atoms with van der Waals surface area (Å²) >= 11 is 1.41. The minimum atomic E-state index is -0.888. The standard InChI is InChI=1S/C16H14N2O3S/c19-14(12-8-5-6-9(7-8)13(12)15(20)21)18-16-17-10-3-1-2-4-11(10)22-16/h1-6,8-9,12-13H,7H2,(H,20,21)(H,17,18,19). The molecular formula is C16H14N2O3S. The fourth-order valence-electron chi connectivity index (χ4n) is 3.63. The van der Waals surface area contributed by atoms with E-state index in [0.29, 0.717) is 5.13 Å². The van der Waals surface area contributed by atoms with Crippen molar-refractivity contribution >= 4 is 38.6 Å². The number of nitrogens with zero attached hydrogens (tertiary/aromatic N) is 1. The van der Waals surface area contributed by atoms with Crippen LogP contribution in [-0.2, 0) is 9.59 Å². The van der Waals surface area contributed by atoms with Crippen LogP contribution in [-0.4, -0.2) is 22.0 Å². The van der Waals surface area contributed by atoms with Crippen LogP contribution in [0, 0.1) is 23.7 Å². The lowest BCUT2D eigenvalue weighted by atomic mass is 9.82. The van der Waals surface area contributed by atoms with Crippen molar-refractivity contribution in [1.29, 1.82) is 0 Å². The third-order valence-corrected chi connectivity index (χ3v) is 5.52. The number of amides is 1. The largest absolute Gasteiger partial charge is 0.481 e. The van der Waals surface area contributed by atoms with Crippen molar-refractivity contribution in [2.45, 2.75) is 6.42 Å². The molecule has 1 amide bonds. The Kier molecular flexibility index (Phi) is 3.00. The van der Waals surface area contributed by atoms with Crippen molar-refractivity contribution in [3.8, 4) is 0 Å². The number of thiazole rings is 1. The fraction of sp³-hybridized carbons (Fsp3) is 0.312. The number of hydrogen-bond donors (Lipinski definition) is 2. The van der Waals surface area contributed by atoms with Gasteiger partial charge in [0, 0.05) is 0 Å². The van der Waals surface area contributed by atoms with Gasteiger partial charge in [0.05, 0.1) is 22.1 Å². The van der Waals surface area contributed by atoms with E-state index in [9.17, 15) is 14.7 Å². The van der Waals surface area contributed by atoms with Crippen molar-refractivity contribution in [3.63, 3.8) is 0 Å². The van der Waals surface area contributed by atoms with Crippen molar-refractivity contribution in [2.24, 2.45) is 23.7 Å². The molecule has 112 valence electrons. The van der Waals surface area contributed by atoms with Crippen LogP contribution in [0.4, 0.5) is 5.13 Å². The van der Waals surface area contributed by atoms with Crippen molar-refractivity contribution < 1.29 is 14.7 Å². The van der Waals surface area contributed by atoms with Gasteiger partial charge in [0.2, 0.25) is 5.91 Å². The number of carboxylic acids is 1. The average Bonchev–Trinajstić information content (AvgIpc) is 3.19. The molecule has 1 fully saturated rings. The number of allylic oxidation sites excluding steroid dienone is 2. The van der Waals surface area contributed by atoms with E-state index in [1.54, 1.807) is 0 Å². The first kappa shape index (κ1) is 13.5. The van der Waals surface area contributed by atoms with E-state index in [4.69, 9.17) is 0 Å². The topological polar surface area (TPSA) is 79.3 Å². The van der Waals surface area contributed by atoms with Crippen LogP contribution in [0.5, 0.6) is 0 Å². The van der Waals surface area contributed by atoms with Gasteiger partial charge in [0.15, 0.2) is 5.13 Å². The normalized spacial score (nSPS) is 29.1. The zero-order valence-corrected chi connectivity index (χ0v) is 12.4. The molecule has 2 aliphatic carbocycles. The summed E-state index contributed by atoms with van der Waals surface area (Å²) in [6.07, 6.45) is 4.67. The smallest absolute Gasteiger partial charge is 0.307 e. The predicted molar refractivity (Wildman–Crippen MR) is 83.6 cm³/mol. The molecule has 1 heterocycles. The van der Waals surface area contributed by atoms with Gasteiger partial charge in [-0.15, -0.1) is 0 Å². The highest BCUT2D eigenvalue weighted by atomic mass is 32.1. The molecule has 2 aliphatic rings. The van der Waals surface area contributed by atoms with Gasteiger partial charge in [-0.25, -0.2) is 4.98 Å². The summed E-state index contributed by atoms with van der Waals surface area (Å²) in [5, 5.41) is 12.8. The zero-order chi connectivity index (χ0) is 15.3. The fourth-order valence-corrected chi connectivity index (χ4v) is 4.50. The van der Waals surface area contributed by atoms with E-state index in [1.165, 1.54) is 11.3 Å². The van der Waals surface area contributed by atoms with Gasteiger partial charge in [0.1, 0.15) is 0 Å². The van der Waals surface area contributed by atoms with Crippen LogP contribution in [0.15, 0.2) is 36.4 Å². The van der Waals surface area contributed by atoms with Crippen molar-refractivity contribution in [3.05, 3.63) is 36.4 Å². The highest BCUT2D eigenvalue weighted by Crippen LogP contribution is 2.48. The molecule has 4 rings (SSSR count). The van der Waals surface area contributed by atoms with Crippen LogP contribution in [0.2, 0.25) is 0 Å². The summed E-state index contributed by atoms with van der Waals surface area (Å²) in [5.74, 6) is -2.23. The lowest BCUT2D eigenvalue weighted by Gasteiger charge is -2.23. The van der Waals surface area contributed by atoms with E-state index in [0.717, 1.165) is 16.6 Å². The maximum Gasteiger partial charge on any atom is 0.307 e. The third-order valence-electron chi connectivity index (χ3n) is 4.57. The second-order valence-corrected chi connectivity index (χ2v) is 6.84. The first-order valence-electron chi connectivity index (χ1n) is 7.21. The summed E-state index contributed by atoms with van der Waals surface area (Å²) < 4.78 is 1.00. The van der Waals surface area contributed by atoms with E-state index in [2.05, 4.69) is 10.3 Å². The van der Waals surface area contributed by atoms with Gasteiger partial charge in [-0.2, -0.15) is 0 Å². The minimum Gasteiger partial charge on any atom is -0.481 e. The Hall–Kier alpha value is -2.21. The molecule has 5 nitrogen and oxygen atoms in total. The molecule has 0 radical (unpaired) electrons. The molecule has 2 bridgehead atoms. The molecule has 1 saturated carbocycles. The van der Waals surface area contributed by atoms with Crippen LogP contribution < -0.4 is 5.32 Å². The van der Waals surface area contributed by atoms with Gasteiger partial charge in [-0.1, -0.05) is 35.6 Å². The van der Waals surface area contributed by atoms with Gasteiger partial charge in [-0.3, -0.25) is 9.59 Å². The Morgan fingerprint density at radius 2 is 1.91 bits per heavy atom. The Morgan fingerprint density at radius 3 is 2.64 bits per heavy atom. The Bertz CT molecular complexity index is 765. The number of benzene rings is 1. The first-order valence-corrected chi connectivity index (χ1v) is 8.03. The number of carbonyl (C=O) groups excluding carboxylic acids is 1. The number of rotatable bonds is 3. The number of aromatic nitrogens is 1. The lowest BCUT2D eigenvalue weighted by Crippen LogP contribution is -2.36. The predicted octanol–water partition coefficient (Wildman–Crippen LogP) is 2.76. The Balaban J connectivity index is 1.59. The van der Waals surface area contributed by atoms with Crippen molar-refractivity contribution in [2.75, 3.05) is 5.32 Å². The molecule has 1 aromatic heterocycles. The second kappa shape index (κ2) is 4.91. The molecule has 2 aromatic rings. The van der Waals surface area contributed by atoms with E-state index in [-0.39, 0.29) is 17.7 Å². The average molecular weight is 314 g/mol. The number of carbonyl (C=O) groups is 2. The van der Waals surface area contributed by atoms with Gasteiger partial charge in [-0.05, 0) is 30.4 Å². The number of para-hydroxylation sites is 1.